The second-order valence-electron chi connectivity index (χ2n) is 6.91. The molecular weight excluding hydrogens is 345 g/mol. The third kappa shape index (κ3) is 5.09. The Bertz CT molecular complexity index is 510. The van der Waals surface area contributed by atoms with E-state index in [-0.39, 0.29) is 36.6 Å². The zero-order chi connectivity index (χ0) is 15.5. The van der Waals surface area contributed by atoms with Crippen LogP contribution in [0.2, 0.25) is 0 Å². The van der Waals surface area contributed by atoms with E-state index < -0.39 is 0 Å². The second-order valence-corrected chi connectivity index (χ2v) is 6.91. The molecule has 0 radical (unpaired) electrons. The SMILES string of the molecule is CC(C(=O)NC1CC(C)N(Cc2ccccc2)C1)C1CNC1.Cl.Cl. The predicted octanol–water partition coefficient (Wildman–Crippen LogP) is 2.46. The van der Waals surface area contributed by atoms with E-state index in [2.05, 4.69) is 59.7 Å². The maximum Gasteiger partial charge on any atom is 0.223 e. The Morgan fingerprint density at radius 3 is 2.54 bits per heavy atom. The zero-order valence-electron chi connectivity index (χ0n) is 14.4. The molecule has 6 heteroatoms. The van der Waals surface area contributed by atoms with E-state index >= 15 is 0 Å². The first-order valence-corrected chi connectivity index (χ1v) is 8.42. The maximum atomic E-state index is 12.3. The molecule has 1 amide bonds. The third-order valence-electron chi connectivity index (χ3n) is 5.21. The van der Waals surface area contributed by atoms with E-state index in [0.717, 1.165) is 32.6 Å². The quantitative estimate of drug-likeness (QED) is 0.832. The highest BCUT2D eigenvalue weighted by molar-refractivity contribution is 5.85. The van der Waals surface area contributed by atoms with Crippen molar-refractivity contribution in [2.45, 2.75) is 38.9 Å². The summed E-state index contributed by atoms with van der Waals surface area (Å²) >= 11 is 0. The van der Waals surface area contributed by atoms with Gasteiger partial charge in [-0.15, -0.1) is 24.8 Å². The van der Waals surface area contributed by atoms with E-state index in [9.17, 15) is 4.79 Å². The molecule has 2 aliphatic heterocycles. The lowest BCUT2D eigenvalue weighted by atomic mass is 9.88. The maximum absolute atomic E-state index is 12.3. The van der Waals surface area contributed by atoms with Crippen LogP contribution in [0, 0.1) is 11.8 Å². The summed E-state index contributed by atoms with van der Waals surface area (Å²) in [6.07, 6.45) is 1.05. The highest BCUT2D eigenvalue weighted by Crippen LogP contribution is 2.22. The summed E-state index contributed by atoms with van der Waals surface area (Å²) in [6, 6.07) is 11.4. The molecule has 2 aliphatic rings. The van der Waals surface area contributed by atoms with Crippen molar-refractivity contribution in [3.63, 3.8) is 0 Å². The minimum Gasteiger partial charge on any atom is -0.352 e. The van der Waals surface area contributed by atoms with Gasteiger partial charge in [0.25, 0.3) is 0 Å². The molecule has 0 bridgehead atoms. The van der Waals surface area contributed by atoms with Gasteiger partial charge in [0.15, 0.2) is 0 Å². The summed E-state index contributed by atoms with van der Waals surface area (Å²) < 4.78 is 0. The zero-order valence-corrected chi connectivity index (χ0v) is 16.0. The Hall–Kier alpha value is -0.810. The van der Waals surface area contributed by atoms with Gasteiger partial charge >= 0.3 is 0 Å². The normalized spacial score (nSPS) is 25.1. The molecule has 2 heterocycles. The van der Waals surface area contributed by atoms with Crippen LogP contribution in [0.15, 0.2) is 30.3 Å². The number of hydrogen-bond donors (Lipinski definition) is 2. The first kappa shape index (κ1) is 21.2. The summed E-state index contributed by atoms with van der Waals surface area (Å²) in [5.41, 5.74) is 1.34. The van der Waals surface area contributed by atoms with E-state index in [1.165, 1.54) is 5.56 Å². The van der Waals surface area contributed by atoms with E-state index in [1.54, 1.807) is 0 Å². The highest BCUT2D eigenvalue weighted by atomic mass is 35.5. The molecule has 0 aliphatic carbocycles. The van der Waals surface area contributed by atoms with Crippen molar-refractivity contribution >= 4 is 30.7 Å². The van der Waals surface area contributed by atoms with Gasteiger partial charge in [0.05, 0.1) is 0 Å². The Kier molecular flexibility index (Phi) is 8.51. The molecule has 2 N–H and O–H groups in total. The van der Waals surface area contributed by atoms with Gasteiger partial charge in [-0.25, -0.2) is 0 Å². The Balaban J connectivity index is 0.00000144. The predicted molar refractivity (Wildman–Crippen MR) is 103 cm³/mol. The van der Waals surface area contributed by atoms with Crippen molar-refractivity contribution in [3.8, 4) is 0 Å². The number of carbonyl (C=O) groups is 1. The van der Waals surface area contributed by atoms with Crippen molar-refractivity contribution in [1.82, 2.24) is 15.5 Å². The fourth-order valence-corrected chi connectivity index (χ4v) is 3.45. The number of hydrogen-bond acceptors (Lipinski definition) is 3. The van der Waals surface area contributed by atoms with Crippen LogP contribution in [-0.4, -0.2) is 42.5 Å². The number of carbonyl (C=O) groups excluding carboxylic acids is 1. The van der Waals surface area contributed by atoms with Gasteiger partial charge in [-0.2, -0.15) is 0 Å². The average Bonchev–Trinajstić information content (AvgIpc) is 2.78. The molecule has 1 aromatic carbocycles. The van der Waals surface area contributed by atoms with Crippen LogP contribution < -0.4 is 10.6 Å². The van der Waals surface area contributed by atoms with Crippen LogP contribution in [0.1, 0.15) is 25.8 Å². The van der Waals surface area contributed by atoms with Crippen LogP contribution in [0.5, 0.6) is 0 Å². The van der Waals surface area contributed by atoms with Crippen molar-refractivity contribution in [3.05, 3.63) is 35.9 Å². The van der Waals surface area contributed by atoms with Crippen molar-refractivity contribution in [1.29, 1.82) is 0 Å². The van der Waals surface area contributed by atoms with Gasteiger partial charge in [-0.3, -0.25) is 9.69 Å². The fourth-order valence-electron chi connectivity index (χ4n) is 3.45. The minimum atomic E-state index is 0. The van der Waals surface area contributed by atoms with Gasteiger partial charge < -0.3 is 10.6 Å². The van der Waals surface area contributed by atoms with Crippen LogP contribution in [0.4, 0.5) is 0 Å². The number of halogens is 2. The van der Waals surface area contributed by atoms with Crippen molar-refractivity contribution in [2.24, 2.45) is 11.8 Å². The molecular formula is C18H29Cl2N3O. The number of amides is 1. The van der Waals surface area contributed by atoms with E-state index in [0.29, 0.717) is 18.0 Å². The highest BCUT2D eigenvalue weighted by Gasteiger charge is 2.33. The molecule has 0 saturated carbocycles. The Labute approximate surface area is 157 Å². The van der Waals surface area contributed by atoms with E-state index in [4.69, 9.17) is 0 Å². The van der Waals surface area contributed by atoms with Crippen LogP contribution in [0.3, 0.4) is 0 Å². The van der Waals surface area contributed by atoms with Gasteiger partial charge in [-0.05, 0) is 37.9 Å². The molecule has 3 atom stereocenters. The Morgan fingerprint density at radius 1 is 1.29 bits per heavy atom. The molecule has 1 aromatic rings. The number of likely N-dealkylation sites (tertiary alicyclic amines) is 1. The van der Waals surface area contributed by atoms with Crippen LogP contribution in [0.25, 0.3) is 0 Å². The van der Waals surface area contributed by atoms with Gasteiger partial charge in [0, 0.05) is 31.1 Å². The van der Waals surface area contributed by atoms with Gasteiger partial charge in [0.1, 0.15) is 0 Å². The van der Waals surface area contributed by atoms with Crippen LogP contribution >= 0.6 is 24.8 Å². The first-order chi connectivity index (χ1) is 10.6. The molecule has 3 rings (SSSR count). The topological polar surface area (TPSA) is 44.4 Å². The average molecular weight is 374 g/mol. The lowest BCUT2D eigenvalue weighted by Gasteiger charge is -2.32. The molecule has 2 fully saturated rings. The van der Waals surface area contributed by atoms with Gasteiger partial charge in [-0.1, -0.05) is 37.3 Å². The number of benzene rings is 1. The molecule has 136 valence electrons. The minimum absolute atomic E-state index is 0. The monoisotopic (exact) mass is 373 g/mol. The lowest BCUT2D eigenvalue weighted by Crippen LogP contribution is -2.51. The summed E-state index contributed by atoms with van der Waals surface area (Å²) in [4.78, 5) is 14.8. The summed E-state index contributed by atoms with van der Waals surface area (Å²) in [5.74, 6) is 0.865. The summed E-state index contributed by atoms with van der Waals surface area (Å²) in [7, 11) is 0. The number of nitrogens with zero attached hydrogens (tertiary/aromatic N) is 1. The molecule has 24 heavy (non-hydrogen) atoms. The first-order valence-electron chi connectivity index (χ1n) is 8.42. The second kappa shape index (κ2) is 9.62. The smallest absolute Gasteiger partial charge is 0.223 e. The standard InChI is InChI=1S/C18H27N3O.2ClH/c1-13-8-17(20-18(22)14(2)16-9-19-10-16)12-21(13)11-15-6-4-3-5-7-15;;/h3-7,13-14,16-17,19H,8-12H2,1-2H3,(H,20,22);2*1H. The third-order valence-corrected chi connectivity index (χ3v) is 5.21. The number of nitrogens with one attached hydrogen (secondary N) is 2. The molecule has 2 saturated heterocycles. The molecule has 0 spiro atoms. The molecule has 4 nitrogen and oxygen atoms in total. The largest absolute Gasteiger partial charge is 0.352 e. The van der Waals surface area contributed by atoms with E-state index in [1.807, 2.05) is 0 Å². The fraction of sp³-hybridized carbons (Fsp3) is 0.611. The van der Waals surface area contributed by atoms with Crippen molar-refractivity contribution < 1.29 is 4.79 Å². The van der Waals surface area contributed by atoms with Gasteiger partial charge in [0.2, 0.25) is 5.91 Å². The lowest BCUT2D eigenvalue weighted by molar-refractivity contribution is -0.127. The molecule has 0 aromatic heterocycles. The molecule has 3 unspecified atom stereocenters. The summed E-state index contributed by atoms with van der Waals surface area (Å²) in [6.45, 7) is 8.20. The Morgan fingerprint density at radius 2 is 1.96 bits per heavy atom. The van der Waals surface area contributed by atoms with Crippen molar-refractivity contribution in [2.75, 3.05) is 19.6 Å². The summed E-state index contributed by atoms with van der Waals surface area (Å²) in [5, 5.41) is 6.51. The van der Waals surface area contributed by atoms with Crippen LogP contribution in [-0.2, 0) is 11.3 Å². The number of rotatable bonds is 5.